The molecule has 2 heterocycles. The topological polar surface area (TPSA) is 29.5 Å². The summed E-state index contributed by atoms with van der Waals surface area (Å²) in [6.45, 7) is 0. The second-order valence-electron chi connectivity index (χ2n) is 14.1. The smallest absolute Gasteiger partial charge is 0.143 e. The van der Waals surface area contributed by atoms with Gasteiger partial charge in [0.05, 0.1) is 5.69 Å². The summed E-state index contributed by atoms with van der Waals surface area (Å²) in [5, 5.41) is 6.81. The van der Waals surface area contributed by atoms with Crippen LogP contribution in [0.2, 0.25) is 0 Å². The molecule has 0 N–H and O–H groups in total. The highest BCUT2D eigenvalue weighted by atomic mass is 16.3. The Morgan fingerprint density at radius 3 is 1.71 bits per heavy atom. The Balaban J connectivity index is 1.04. The van der Waals surface area contributed by atoms with Crippen LogP contribution in [0.5, 0.6) is 0 Å². The van der Waals surface area contributed by atoms with Gasteiger partial charge in [-0.2, -0.15) is 0 Å². The van der Waals surface area contributed by atoms with E-state index in [0.717, 1.165) is 88.6 Å². The molecule has 0 fully saturated rings. The average molecular weight is 704 g/mol. The van der Waals surface area contributed by atoms with Crippen molar-refractivity contribution in [1.29, 1.82) is 0 Å². The van der Waals surface area contributed by atoms with Gasteiger partial charge >= 0.3 is 0 Å². The molecule has 0 unspecified atom stereocenters. The molecular weight excluding hydrogens is 671 g/mol. The minimum Gasteiger partial charge on any atom is -0.456 e. The molecule has 55 heavy (non-hydrogen) atoms. The number of hydrogen-bond acceptors (Lipinski definition) is 3. The summed E-state index contributed by atoms with van der Waals surface area (Å²) in [5.41, 5.74) is 13.7. The number of hydrogen-bond donors (Lipinski definition) is 0. The fourth-order valence-electron chi connectivity index (χ4n) is 8.15. The van der Waals surface area contributed by atoms with Gasteiger partial charge in [-0.15, -0.1) is 0 Å². The summed E-state index contributed by atoms with van der Waals surface area (Å²) < 4.78 is 12.7. The van der Waals surface area contributed by atoms with Crippen LogP contribution in [0.15, 0.2) is 209 Å². The van der Waals surface area contributed by atoms with Crippen molar-refractivity contribution in [1.82, 2.24) is 0 Å². The zero-order chi connectivity index (χ0) is 36.3. The summed E-state index contributed by atoms with van der Waals surface area (Å²) in [6, 6.07) is 71.0. The van der Waals surface area contributed by atoms with Gasteiger partial charge in [0.1, 0.15) is 22.3 Å². The predicted octanol–water partition coefficient (Wildman–Crippen LogP) is 15.1. The average Bonchev–Trinajstić information content (AvgIpc) is 3.83. The van der Waals surface area contributed by atoms with Crippen LogP contribution in [0, 0.1) is 0 Å². The van der Waals surface area contributed by atoms with Crippen molar-refractivity contribution in [3.05, 3.63) is 200 Å². The van der Waals surface area contributed by atoms with Crippen LogP contribution in [0.1, 0.15) is 0 Å². The molecule has 0 saturated heterocycles. The third-order valence-electron chi connectivity index (χ3n) is 10.9. The van der Waals surface area contributed by atoms with Crippen molar-refractivity contribution in [3.63, 3.8) is 0 Å². The van der Waals surface area contributed by atoms with E-state index in [2.05, 4.69) is 193 Å². The van der Waals surface area contributed by atoms with Crippen LogP contribution in [0.4, 0.5) is 17.1 Å². The molecule has 3 heteroatoms. The Morgan fingerprint density at radius 2 is 0.891 bits per heavy atom. The van der Waals surface area contributed by atoms with Crippen molar-refractivity contribution in [2.75, 3.05) is 4.90 Å². The van der Waals surface area contributed by atoms with Gasteiger partial charge in [0.15, 0.2) is 0 Å². The lowest BCUT2D eigenvalue weighted by molar-refractivity contribution is 0.669. The molecule has 0 amide bonds. The molecule has 11 aromatic rings. The normalized spacial score (nSPS) is 11.6. The molecule has 0 bridgehead atoms. The minimum atomic E-state index is 0.886. The van der Waals surface area contributed by atoms with Gasteiger partial charge in [-0.3, -0.25) is 0 Å². The SMILES string of the molecule is c1ccc(-c2ccc(N(c3ccc(-c4ccc5c(c4)oc4ccccc45)cc3)c3ccccc3-c3ccc4oc5c6ccccc6ccc5c4c3)cc2)cc1. The molecule has 0 spiro atoms. The highest BCUT2D eigenvalue weighted by Gasteiger charge is 2.19. The number of furan rings is 2. The molecule has 0 aliphatic heterocycles. The van der Waals surface area contributed by atoms with Gasteiger partial charge in [-0.25, -0.2) is 0 Å². The first kappa shape index (κ1) is 31.2. The highest BCUT2D eigenvalue weighted by Crippen LogP contribution is 2.44. The van der Waals surface area contributed by atoms with Crippen LogP contribution in [0.3, 0.4) is 0 Å². The van der Waals surface area contributed by atoms with E-state index >= 15 is 0 Å². The molecule has 3 nitrogen and oxygen atoms in total. The van der Waals surface area contributed by atoms with E-state index in [0.29, 0.717) is 0 Å². The molecular formula is C52H33NO2. The number of anilines is 3. The van der Waals surface area contributed by atoms with E-state index in [-0.39, 0.29) is 0 Å². The van der Waals surface area contributed by atoms with E-state index in [4.69, 9.17) is 8.83 Å². The number of rotatable bonds is 6. The Labute approximate surface area is 317 Å². The van der Waals surface area contributed by atoms with E-state index in [1.54, 1.807) is 0 Å². The first-order valence-electron chi connectivity index (χ1n) is 18.7. The van der Waals surface area contributed by atoms with Gasteiger partial charge in [0, 0.05) is 43.9 Å². The molecule has 0 radical (unpaired) electrons. The maximum Gasteiger partial charge on any atom is 0.143 e. The van der Waals surface area contributed by atoms with Crippen LogP contribution >= 0.6 is 0 Å². The molecule has 9 aromatic carbocycles. The Bertz CT molecular complexity index is 3190. The summed E-state index contributed by atoms with van der Waals surface area (Å²) in [4.78, 5) is 2.36. The fourth-order valence-corrected chi connectivity index (χ4v) is 8.15. The number of nitrogens with zero attached hydrogens (tertiary/aromatic N) is 1. The van der Waals surface area contributed by atoms with Gasteiger partial charge in [0.2, 0.25) is 0 Å². The Kier molecular flexibility index (Phi) is 7.17. The Hall–Kier alpha value is -7.36. The fraction of sp³-hybridized carbons (Fsp3) is 0. The van der Waals surface area contributed by atoms with E-state index in [1.807, 2.05) is 12.1 Å². The van der Waals surface area contributed by atoms with Crippen LogP contribution in [-0.2, 0) is 0 Å². The highest BCUT2D eigenvalue weighted by molar-refractivity contribution is 6.15. The second kappa shape index (κ2) is 12.6. The molecule has 2 aromatic heterocycles. The van der Waals surface area contributed by atoms with Gasteiger partial charge in [0.25, 0.3) is 0 Å². The van der Waals surface area contributed by atoms with E-state index in [1.165, 1.54) is 16.5 Å². The molecule has 11 rings (SSSR count). The maximum atomic E-state index is 6.49. The van der Waals surface area contributed by atoms with Crippen molar-refractivity contribution in [2.24, 2.45) is 0 Å². The summed E-state index contributed by atoms with van der Waals surface area (Å²) in [5.74, 6) is 0. The van der Waals surface area contributed by atoms with Gasteiger partial charge in [-0.05, 0) is 99.9 Å². The molecule has 258 valence electrons. The first-order chi connectivity index (χ1) is 27.2. The zero-order valence-corrected chi connectivity index (χ0v) is 29.8. The quantitative estimate of drug-likeness (QED) is 0.173. The predicted molar refractivity (Wildman–Crippen MR) is 229 cm³/mol. The third kappa shape index (κ3) is 5.28. The number of para-hydroxylation sites is 2. The lowest BCUT2D eigenvalue weighted by Crippen LogP contribution is -2.11. The van der Waals surface area contributed by atoms with Crippen molar-refractivity contribution in [3.8, 4) is 33.4 Å². The molecule has 0 aliphatic rings. The van der Waals surface area contributed by atoms with E-state index in [9.17, 15) is 0 Å². The summed E-state index contributed by atoms with van der Waals surface area (Å²) in [7, 11) is 0. The van der Waals surface area contributed by atoms with Crippen LogP contribution < -0.4 is 4.90 Å². The van der Waals surface area contributed by atoms with Crippen molar-refractivity contribution < 1.29 is 8.83 Å². The lowest BCUT2D eigenvalue weighted by Gasteiger charge is -2.28. The van der Waals surface area contributed by atoms with Crippen molar-refractivity contribution in [2.45, 2.75) is 0 Å². The summed E-state index contributed by atoms with van der Waals surface area (Å²) in [6.07, 6.45) is 0. The monoisotopic (exact) mass is 703 g/mol. The number of benzene rings is 9. The van der Waals surface area contributed by atoms with Gasteiger partial charge < -0.3 is 13.7 Å². The number of fused-ring (bicyclic) bond motifs is 8. The van der Waals surface area contributed by atoms with Crippen LogP contribution in [0.25, 0.3) is 88.0 Å². The maximum absolute atomic E-state index is 6.49. The third-order valence-corrected chi connectivity index (χ3v) is 10.9. The van der Waals surface area contributed by atoms with E-state index < -0.39 is 0 Å². The molecule has 0 saturated carbocycles. The standard InChI is InChI=1S/C52H33NO2/c1-2-10-34(11-3-1)35-18-25-40(26-19-35)53(41-27-20-36(21-28-41)38-23-29-45-44-15-7-9-17-49(44)54-51(45)33-38)48-16-8-6-13-42(48)39-24-31-50-47(32-39)46-30-22-37-12-4-5-14-43(37)52(46)55-50/h1-33H. The van der Waals surface area contributed by atoms with Gasteiger partial charge in [-0.1, -0.05) is 133 Å². The summed E-state index contributed by atoms with van der Waals surface area (Å²) >= 11 is 0. The molecule has 0 aliphatic carbocycles. The van der Waals surface area contributed by atoms with Crippen LogP contribution in [-0.4, -0.2) is 0 Å². The first-order valence-corrected chi connectivity index (χ1v) is 18.7. The molecule has 0 atom stereocenters. The van der Waals surface area contributed by atoms with Crippen molar-refractivity contribution >= 4 is 71.7 Å². The Morgan fingerprint density at radius 1 is 0.309 bits per heavy atom. The lowest BCUT2D eigenvalue weighted by atomic mass is 9.98. The second-order valence-corrected chi connectivity index (χ2v) is 14.1. The minimum absolute atomic E-state index is 0.886. The zero-order valence-electron chi connectivity index (χ0n) is 29.8. The largest absolute Gasteiger partial charge is 0.456 e.